The lowest BCUT2D eigenvalue weighted by Gasteiger charge is -2.36. The van der Waals surface area contributed by atoms with Gasteiger partial charge < -0.3 is 15.1 Å². The predicted octanol–water partition coefficient (Wildman–Crippen LogP) is 2.85. The third-order valence-electron chi connectivity index (χ3n) is 5.37. The van der Waals surface area contributed by atoms with E-state index in [2.05, 4.69) is 28.4 Å². The summed E-state index contributed by atoms with van der Waals surface area (Å²) in [6.45, 7) is 3.02. The van der Waals surface area contributed by atoms with E-state index in [-0.39, 0.29) is 24.8 Å². The van der Waals surface area contributed by atoms with Gasteiger partial charge in [-0.3, -0.25) is 9.59 Å². The quantitative estimate of drug-likeness (QED) is 0.733. The first-order valence-electron chi connectivity index (χ1n) is 10.0. The molecule has 3 aromatic carbocycles. The van der Waals surface area contributed by atoms with Gasteiger partial charge in [-0.25, -0.2) is 0 Å². The molecule has 2 amide bonds. The molecule has 0 radical (unpaired) electrons. The summed E-state index contributed by atoms with van der Waals surface area (Å²) in [6, 6.07) is 24.3. The molecule has 29 heavy (non-hydrogen) atoms. The van der Waals surface area contributed by atoms with Crippen LogP contribution in [0.1, 0.15) is 5.56 Å². The van der Waals surface area contributed by atoms with Gasteiger partial charge in [-0.1, -0.05) is 60.7 Å². The monoisotopic (exact) mass is 387 g/mol. The normalized spacial score (nSPS) is 14.1. The molecule has 1 fully saturated rings. The molecule has 3 aromatic rings. The van der Waals surface area contributed by atoms with Gasteiger partial charge in [0.25, 0.3) is 0 Å². The number of hydrogen-bond donors (Lipinski definition) is 1. The van der Waals surface area contributed by atoms with Gasteiger partial charge in [0.15, 0.2) is 0 Å². The van der Waals surface area contributed by atoms with Crippen LogP contribution in [0.3, 0.4) is 0 Å². The first-order valence-corrected chi connectivity index (χ1v) is 10.0. The summed E-state index contributed by atoms with van der Waals surface area (Å²) in [7, 11) is 0. The highest BCUT2D eigenvalue weighted by atomic mass is 16.2. The molecule has 1 heterocycles. The Kier molecular flexibility index (Phi) is 5.75. The van der Waals surface area contributed by atoms with E-state index >= 15 is 0 Å². The number of anilines is 1. The summed E-state index contributed by atoms with van der Waals surface area (Å²) in [4.78, 5) is 28.9. The first-order chi connectivity index (χ1) is 14.2. The molecule has 0 spiro atoms. The molecule has 5 heteroatoms. The van der Waals surface area contributed by atoms with Crippen molar-refractivity contribution < 1.29 is 9.59 Å². The fourth-order valence-corrected chi connectivity index (χ4v) is 3.74. The van der Waals surface area contributed by atoms with Gasteiger partial charge in [-0.2, -0.15) is 0 Å². The van der Waals surface area contributed by atoms with Crippen molar-refractivity contribution in [1.82, 2.24) is 10.2 Å². The number of amides is 2. The summed E-state index contributed by atoms with van der Waals surface area (Å²) in [6.07, 6.45) is 0.278. The number of carbonyl (C=O) groups excluding carboxylic acids is 2. The molecule has 0 saturated carbocycles. The molecule has 1 aliphatic rings. The van der Waals surface area contributed by atoms with Gasteiger partial charge in [0.05, 0.1) is 13.0 Å². The van der Waals surface area contributed by atoms with Crippen LogP contribution < -0.4 is 10.2 Å². The molecule has 0 bridgehead atoms. The Morgan fingerprint density at radius 2 is 1.48 bits per heavy atom. The highest BCUT2D eigenvalue weighted by Gasteiger charge is 2.21. The van der Waals surface area contributed by atoms with Crippen molar-refractivity contribution in [1.29, 1.82) is 0 Å². The topological polar surface area (TPSA) is 52.7 Å². The van der Waals surface area contributed by atoms with Gasteiger partial charge in [0.1, 0.15) is 0 Å². The molecular weight excluding hydrogens is 362 g/mol. The van der Waals surface area contributed by atoms with Crippen LogP contribution in [0, 0.1) is 0 Å². The average molecular weight is 387 g/mol. The summed E-state index contributed by atoms with van der Waals surface area (Å²) in [5, 5.41) is 5.05. The molecular formula is C24H25N3O2. The van der Waals surface area contributed by atoms with E-state index in [4.69, 9.17) is 0 Å². The Labute approximate surface area is 170 Å². The lowest BCUT2D eigenvalue weighted by molar-refractivity contribution is -0.133. The number of piperazine rings is 1. The van der Waals surface area contributed by atoms with Crippen LogP contribution in [0.25, 0.3) is 10.8 Å². The number of fused-ring (bicyclic) bond motifs is 1. The van der Waals surface area contributed by atoms with E-state index in [1.807, 2.05) is 59.5 Å². The molecule has 5 nitrogen and oxygen atoms in total. The number of para-hydroxylation sites is 1. The molecule has 148 valence electrons. The summed E-state index contributed by atoms with van der Waals surface area (Å²) in [5.74, 6) is -0.152. The summed E-state index contributed by atoms with van der Waals surface area (Å²) in [5.41, 5.74) is 2.13. The minimum Gasteiger partial charge on any atom is -0.368 e. The number of nitrogens with zero attached hydrogens (tertiary/aromatic N) is 2. The maximum absolute atomic E-state index is 12.5. The first kappa shape index (κ1) is 19.0. The standard InChI is InChI=1S/C24H25N3O2/c28-23(17-19-10-11-20-6-4-5-7-21(20)16-19)25-18-24(29)27-14-12-26(13-15-27)22-8-2-1-3-9-22/h1-11,16H,12-15,17-18H2,(H,25,28). The molecule has 1 aliphatic heterocycles. The molecule has 1 N–H and O–H groups in total. The Morgan fingerprint density at radius 1 is 0.793 bits per heavy atom. The smallest absolute Gasteiger partial charge is 0.242 e. The minimum absolute atomic E-state index is 0.0235. The molecule has 0 aromatic heterocycles. The van der Waals surface area contributed by atoms with Crippen molar-refractivity contribution in [3.63, 3.8) is 0 Å². The lowest BCUT2D eigenvalue weighted by atomic mass is 10.0. The minimum atomic E-state index is -0.128. The Morgan fingerprint density at radius 3 is 2.24 bits per heavy atom. The van der Waals surface area contributed by atoms with Crippen molar-refractivity contribution in [3.05, 3.63) is 78.4 Å². The molecule has 0 atom stereocenters. The second-order valence-corrected chi connectivity index (χ2v) is 7.34. The van der Waals surface area contributed by atoms with Gasteiger partial charge in [0.2, 0.25) is 11.8 Å². The summed E-state index contributed by atoms with van der Waals surface area (Å²) >= 11 is 0. The van der Waals surface area contributed by atoms with Gasteiger partial charge in [-0.05, 0) is 28.5 Å². The Balaban J connectivity index is 1.24. The van der Waals surface area contributed by atoms with Gasteiger partial charge in [-0.15, -0.1) is 0 Å². The number of carbonyl (C=O) groups is 2. The molecule has 1 saturated heterocycles. The van der Waals surface area contributed by atoms with E-state index in [1.165, 1.54) is 5.69 Å². The average Bonchev–Trinajstić information content (AvgIpc) is 2.78. The number of rotatable bonds is 5. The largest absolute Gasteiger partial charge is 0.368 e. The van der Waals surface area contributed by atoms with Gasteiger partial charge in [0, 0.05) is 31.9 Å². The van der Waals surface area contributed by atoms with Crippen molar-refractivity contribution >= 4 is 28.3 Å². The van der Waals surface area contributed by atoms with Crippen LogP contribution in [-0.4, -0.2) is 49.4 Å². The Hall–Kier alpha value is -3.34. The summed E-state index contributed by atoms with van der Waals surface area (Å²) < 4.78 is 0. The molecule has 0 aliphatic carbocycles. The number of hydrogen-bond acceptors (Lipinski definition) is 3. The van der Waals surface area contributed by atoms with Crippen LogP contribution >= 0.6 is 0 Å². The van der Waals surface area contributed by atoms with Crippen LogP contribution in [0.2, 0.25) is 0 Å². The third kappa shape index (κ3) is 4.74. The number of nitrogens with one attached hydrogen (secondary N) is 1. The fraction of sp³-hybridized carbons (Fsp3) is 0.250. The third-order valence-corrected chi connectivity index (χ3v) is 5.37. The van der Waals surface area contributed by atoms with Crippen LogP contribution in [0.5, 0.6) is 0 Å². The zero-order valence-electron chi connectivity index (χ0n) is 16.4. The van der Waals surface area contributed by atoms with E-state index in [9.17, 15) is 9.59 Å². The van der Waals surface area contributed by atoms with Crippen molar-refractivity contribution in [2.75, 3.05) is 37.6 Å². The SMILES string of the molecule is O=C(Cc1ccc2ccccc2c1)NCC(=O)N1CCN(c2ccccc2)CC1. The lowest BCUT2D eigenvalue weighted by Crippen LogP contribution is -2.51. The number of benzene rings is 3. The Bertz CT molecular complexity index is 995. The second kappa shape index (κ2) is 8.78. The fourth-order valence-electron chi connectivity index (χ4n) is 3.74. The zero-order chi connectivity index (χ0) is 20.1. The van der Waals surface area contributed by atoms with Crippen LogP contribution in [-0.2, 0) is 16.0 Å². The van der Waals surface area contributed by atoms with E-state index in [0.29, 0.717) is 13.1 Å². The van der Waals surface area contributed by atoms with Crippen molar-refractivity contribution in [2.24, 2.45) is 0 Å². The van der Waals surface area contributed by atoms with Crippen LogP contribution in [0.4, 0.5) is 5.69 Å². The highest BCUT2D eigenvalue weighted by Crippen LogP contribution is 2.17. The van der Waals surface area contributed by atoms with Gasteiger partial charge >= 0.3 is 0 Å². The van der Waals surface area contributed by atoms with Crippen molar-refractivity contribution in [2.45, 2.75) is 6.42 Å². The van der Waals surface area contributed by atoms with E-state index < -0.39 is 0 Å². The predicted molar refractivity (Wildman–Crippen MR) is 116 cm³/mol. The second-order valence-electron chi connectivity index (χ2n) is 7.34. The highest BCUT2D eigenvalue weighted by molar-refractivity contribution is 5.88. The zero-order valence-corrected chi connectivity index (χ0v) is 16.4. The van der Waals surface area contributed by atoms with E-state index in [1.54, 1.807) is 0 Å². The van der Waals surface area contributed by atoms with Crippen molar-refractivity contribution in [3.8, 4) is 0 Å². The molecule has 4 rings (SSSR count). The molecule has 0 unspecified atom stereocenters. The van der Waals surface area contributed by atoms with E-state index in [0.717, 1.165) is 29.4 Å². The van der Waals surface area contributed by atoms with Crippen LogP contribution in [0.15, 0.2) is 72.8 Å². The maximum Gasteiger partial charge on any atom is 0.242 e. The maximum atomic E-state index is 12.5.